The number of nitrogen functional groups attached to an aromatic ring is 1. The van der Waals surface area contributed by atoms with E-state index in [1.165, 1.54) is 0 Å². The summed E-state index contributed by atoms with van der Waals surface area (Å²) in [6, 6.07) is 6.36. The first kappa shape index (κ1) is 24.1. The van der Waals surface area contributed by atoms with Crippen LogP contribution in [0, 0.1) is 0 Å². The normalized spacial score (nSPS) is 17.8. The van der Waals surface area contributed by atoms with Crippen molar-refractivity contribution in [3.05, 3.63) is 48.3 Å². The van der Waals surface area contributed by atoms with E-state index >= 15 is 0 Å². The molecule has 1 aromatic carbocycles. The summed E-state index contributed by atoms with van der Waals surface area (Å²) < 4.78 is 34.5. The van der Waals surface area contributed by atoms with Gasteiger partial charge in [-0.3, -0.25) is 0 Å². The van der Waals surface area contributed by atoms with Gasteiger partial charge in [0.25, 0.3) is 0 Å². The number of hydrogen-bond donors (Lipinski definition) is 2. The largest absolute Gasteiger partial charge is 0.444 e. The van der Waals surface area contributed by atoms with Gasteiger partial charge in [0.2, 0.25) is 15.9 Å². The SMILES string of the molecule is CC(C)(C)c1cnc(CSc2cnc(N[C@@H]3CCCN(S(=O)(=O)c4ccc(N)cc4)C3)s2)o1. The number of thioether (sulfide) groups is 1. The molecule has 178 valence electrons. The van der Waals surface area contributed by atoms with Crippen LogP contribution >= 0.6 is 23.1 Å². The van der Waals surface area contributed by atoms with Crippen LogP contribution in [0.3, 0.4) is 0 Å². The van der Waals surface area contributed by atoms with E-state index in [9.17, 15) is 8.42 Å². The van der Waals surface area contributed by atoms with Crippen LogP contribution in [0.2, 0.25) is 0 Å². The minimum absolute atomic E-state index is 0.00684. The minimum atomic E-state index is -3.55. The van der Waals surface area contributed by atoms with E-state index in [1.807, 2.05) is 6.20 Å². The number of aromatic nitrogens is 2. The van der Waals surface area contributed by atoms with Crippen molar-refractivity contribution >= 4 is 43.9 Å². The van der Waals surface area contributed by atoms with Gasteiger partial charge in [-0.15, -0.1) is 11.8 Å². The fourth-order valence-electron chi connectivity index (χ4n) is 3.49. The minimum Gasteiger partial charge on any atom is -0.444 e. The van der Waals surface area contributed by atoms with Crippen molar-refractivity contribution in [1.29, 1.82) is 0 Å². The summed E-state index contributed by atoms with van der Waals surface area (Å²) >= 11 is 3.18. The Labute approximate surface area is 203 Å². The van der Waals surface area contributed by atoms with Gasteiger partial charge in [-0.1, -0.05) is 32.1 Å². The Morgan fingerprint density at radius 3 is 2.70 bits per heavy atom. The molecule has 0 amide bonds. The predicted molar refractivity (Wildman–Crippen MR) is 133 cm³/mol. The number of oxazole rings is 1. The van der Waals surface area contributed by atoms with Gasteiger partial charge >= 0.3 is 0 Å². The number of rotatable bonds is 7. The van der Waals surface area contributed by atoms with Crippen LogP contribution < -0.4 is 11.1 Å². The lowest BCUT2D eigenvalue weighted by atomic mass is 9.94. The molecule has 33 heavy (non-hydrogen) atoms. The van der Waals surface area contributed by atoms with Crippen LogP contribution in [0.5, 0.6) is 0 Å². The predicted octanol–water partition coefficient (Wildman–Crippen LogP) is 4.57. The van der Waals surface area contributed by atoms with E-state index in [-0.39, 0.29) is 16.4 Å². The van der Waals surface area contributed by atoms with E-state index in [1.54, 1.807) is 57.9 Å². The first-order valence-corrected chi connectivity index (χ1v) is 14.0. The Balaban J connectivity index is 1.34. The monoisotopic (exact) mass is 507 g/mol. The zero-order chi connectivity index (χ0) is 23.6. The fourth-order valence-corrected chi connectivity index (χ4v) is 6.82. The lowest BCUT2D eigenvalue weighted by Crippen LogP contribution is -2.45. The van der Waals surface area contributed by atoms with E-state index in [0.29, 0.717) is 30.4 Å². The Morgan fingerprint density at radius 1 is 1.24 bits per heavy atom. The number of benzene rings is 1. The molecule has 3 aromatic rings. The maximum Gasteiger partial charge on any atom is 0.243 e. The summed E-state index contributed by atoms with van der Waals surface area (Å²) in [5.74, 6) is 2.21. The Bertz CT molecular complexity index is 1180. The number of nitrogens with zero attached hydrogens (tertiary/aromatic N) is 3. The number of sulfonamides is 1. The summed E-state index contributed by atoms with van der Waals surface area (Å²) in [6.07, 6.45) is 5.31. The molecule has 0 spiro atoms. The molecule has 3 N–H and O–H groups in total. The van der Waals surface area contributed by atoms with Crippen LogP contribution in [0.4, 0.5) is 10.8 Å². The lowest BCUT2D eigenvalue weighted by molar-refractivity contribution is 0.327. The Hall–Kier alpha value is -2.08. The topological polar surface area (TPSA) is 114 Å². The highest BCUT2D eigenvalue weighted by Crippen LogP contribution is 2.33. The number of thiazole rings is 1. The van der Waals surface area contributed by atoms with E-state index in [4.69, 9.17) is 10.2 Å². The van der Waals surface area contributed by atoms with E-state index in [0.717, 1.165) is 27.9 Å². The molecule has 4 rings (SSSR count). The van der Waals surface area contributed by atoms with Crippen molar-refractivity contribution in [2.45, 2.75) is 59.9 Å². The smallest absolute Gasteiger partial charge is 0.243 e. The third-order valence-corrected chi connectivity index (χ3v) is 9.33. The fraction of sp³-hybridized carbons (Fsp3) is 0.455. The van der Waals surface area contributed by atoms with Crippen molar-refractivity contribution in [3.8, 4) is 0 Å². The molecule has 1 aliphatic heterocycles. The zero-order valence-electron chi connectivity index (χ0n) is 18.9. The third kappa shape index (κ3) is 5.89. The quantitative estimate of drug-likeness (QED) is 0.353. The van der Waals surface area contributed by atoms with Crippen LogP contribution in [-0.4, -0.2) is 41.8 Å². The molecule has 0 saturated carbocycles. The highest BCUT2D eigenvalue weighted by Gasteiger charge is 2.30. The highest BCUT2D eigenvalue weighted by atomic mass is 32.2. The summed E-state index contributed by atoms with van der Waals surface area (Å²) in [5, 5.41) is 4.20. The Morgan fingerprint density at radius 2 is 2.00 bits per heavy atom. The van der Waals surface area contributed by atoms with Crippen LogP contribution in [0.15, 0.2) is 50.2 Å². The molecule has 11 heteroatoms. The average molecular weight is 508 g/mol. The van der Waals surface area contributed by atoms with Gasteiger partial charge in [0.05, 0.1) is 27.3 Å². The maximum absolute atomic E-state index is 13.0. The number of anilines is 2. The molecule has 0 bridgehead atoms. The van der Waals surface area contributed by atoms with Gasteiger partial charge in [0.1, 0.15) is 5.76 Å². The number of piperidine rings is 1. The maximum atomic E-state index is 13.0. The molecule has 1 atom stereocenters. The van der Waals surface area contributed by atoms with Crippen molar-refractivity contribution < 1.29 is 12.8 Å². The number of nitrogens with one attached hydrogen (secondary N) is 1. The summed E-state index contributed by atoms with van der Waals surface area (Å²) in [7, 11) is -3.55. The molecule has 1 fully saturated rings. The Kier molecular flexibility index (Phi) is 7.04. The second-order valence-electron chi connectivity index (χ2n) is 9.06. The molecular formula is C22H29N5O3S3. The van der Waals surface area contributed by atoms with Crippen molar-refractivity contribution in [1.82, 2.24) is 14.3 Å². The molecule has 1 saturated heterocycles. The van der Waals surface area contributed by atoms with Gasteiger partial charge in [0, 0.05) is 30.2 Å². The molecule has 1 aliphatic rings. The second-order valence-corrected chi connectivity index (χ2v) is 13.3. The van der Waals surface area contributed by atoms with Crippen LogP contribution in [0.1, 0.15) is 45.3 Å². The van der Waals surface area contributed by atoms with Gasteiger partial charge in [0.15, 0.2) is 5.13 Å². The highest BCUT2D eigenvalue weighted by molar-refractivity contribution is 8.00. The third-order valence-electron chi connectivity index (χ3n) is 5.34. The van der Waals surface area contributed by atoms with Crippen LogP contribution in [0.25, 0.3) is 0 Å². The lowest BCUT2D eigenvalue weighted by Gasteiger charge is -2.32. The van der Waals surface area contributed by atoms with E-state index < -0.39 is 10.0 Å². The van der Waals surface area contributed by atoms with Crippen molar-refractivity contribution in [2.75, 3.05) is 24.1 Å². The zero-order valence-corrected chi connectivity index (χ0v) is 21.4. The van der Waals surface area contributed by atoms with Crippen molar-refractivity contribution in [3.63, 3.8) is 0 Å². The van der Waals surface area contributed by atoms with Gasteiger partial charge in [-0.05, 0) is 37.1 Å². The van der Waals surface area contributed by atoms with Crippen LogP contribution in [-0.2, 0) is 21.2 Å². The first-order valence-electron chi connectivity index (χ1n) is 10.8. The van der Waals surface area contributed by atoms with E-state index in [2.05, 4.69) is 36.1 Å². The number of nitrogens with two attached hydrogens (primary N) is 1. The molecule has 3 heterocycles. The molecule has 0 radical (unpaired) electrons. The summed E-state index contributed by atoms with van der Waals surface area (Å²) in [4.78, 5) is 9.12. The molecular weight excluding hydrogens is 478 g/mol. The number of hydrogen-bond acceptors (Lipinski definition) is 9. The second kappa shape index (κ2) is 9.65. The van der Waals surface area contributed by atoms with Gasteiger partial charge in [-0.25, -0.2) is 18.4 Å². The standard InChI is InChI=1S/C22H29N5O3S3/c1-22(2,3)18-11-24-19(30-18)14-31-20-12-25-21(32-20)26-16-5-4-10-27(13-16)33(28,29)17-8-6-15(23)7-9-17/h6-9,11-12,16H,4-5,10,13-14,23H2,1-3H3,(H,25,26)/t16-/m1/s1. The molecule has 0 unspecified atom stereocenters. The molecule has 2 aromatic heterocycles. The van der Waals surface area contributed by atoms with Gasteiger partial charge in [-0.2, -0.15) is 4.31 Å². The first-order chi connectivity index (χ1) is 15.6. The summed E-state index contributed by atoms with van der Waals surface area (Å²) in [5.41, 5.74) is 6.18. The molecule has 0 aliphatic carbocycles. The summed E-state index contributed by atoms with van der Waals surface area (Å²) in [6.45, 7) is 7.20. The average Bonchev–Trinajstić information content (AvgIpc) is 3.42. The van der Waals surface area contributed by atoms with Gasteiger partial charge < -0.3 is 15.5 Å². The van der Waals surface area contributed by atoms with Crippen molar-refractivity contribution in [2.24, 2.45) is 0 Å². The molecule has 8 nitrogen and oxygen atoms in total.